The highest BCUT2D eigenvalue weighted by Gasteiger charge is 2.32. The lowest BCUT2D eigenvalue weighted by molar-refractivity contribution is -0.122. The molecule has 1 aromatic carbocycles. The summed E-state index contributed by atoms with van der Waals surface area (Å²) in [7, 11) is 1.86. The second-order valence-electron chi connectivity index (χ2n) is 7.41. The van der Waals surface area contributed by atoms with Crippen LogP contribution in [-0.4, -0.2) is 34.3 Å². The molecule has 27 heavy (non-hydrogen) atoms. The average molecular weight is 368 g/mol. The van der Waals surface area contributed by atoms with Crippen molar-refractivity contribution >= 4 is 17.3 Å². The molecular weight excluding hydrogens is 343 g/mol. The van der Waals surface area contributed by atoms with Gasteiger partial charge in [-0.25, -0.2) is 4.39 Å². The number of aryl methyl sites for hydroxylation is 1. The minimum Gasteiger partial charge on any atom is -0.303 e. The molecule has 2 aliphatic rings. The monoisotopic (exact) mass is 368 g/mol. The Hall–Kier alpha value is -2.47. The summed E-state index contributed by atoms with van der Waals surface area (Å²) in [4.78, 5) is 14.7. The van der Waals surface area contributed by atoms with Gasteiger partial charge in [-0.2, -0.15) is 5.10 Å². The summed E-state index contributed by atoms with van der Waals surface area (Å²) in [6.07, 6.45) is 8.74. The van der Waals surface area contributed by atoms with E-state index in [0.717, 1.165) is 50.0 Å². The lowest BCUT2D eigenvalue weighted by atomic mass is 9.90. The number of piperidine rings is 1. The van der Waals surface area contributed by atoms with E-state index in [-0.39, 0.29) is 17.8 Å². The van der Waals surface area contributed by atoms with Gasteiger partial charge in [0.05, 0.1) is 6.04 Å². The van der Waals surface area contributed by atoms with Crippen molar-refractivity contribution in [3.05, 3.63) is 54.0 Å². The second kappa shape index (κ2) is 7.64. The molecule has 1 fully saturated rings. The van der Waals surface area contributed by atoms with E-state index in [9.17, 15) is 9.18 Å². The maximum atomic E-state index is 13.1. The van der Waals surface area contributed by atoms with Gasteiger partial charge in [0.15, 0.2) is 5.82 Å². The fourth-order valence-corrected chi connectivity index (χ4v) is 4.00. The molecule has 1 aliphatic heterocycles. The zero-order valence-corrected chi connectivity index (χ0v) is 15.6. The number of rotatable bonds is 4. The number of amides is 1. The van der Waals surface area contributed by atoms with Crippen LogP contribution < -0.4 is 10.2 Å². The van der Waals surface area contributed by atoms with Gasteiger partial charge in [-0.1, -0.05) is 18.2 Å². The standard InChI is InChI=1S/C21H25FN4O/c1-25-14-12-20(24-25)26-13-2-3-19(21(26)27)23-18-10-6-16(7-11-18)15-4-8-17(22)9-5-15/h4-6,8-9,12,14,18-19,23H,2-3,7,10-11,13H2,1H3/t18-,19-/m1/s1. The Morgan fingerprint density at radius 1 is 1.19 bits per heavy atom. The molecule has 1 aromatic heterocycles. The van der Waals surface area contributed by atoms with Gasteiger partial charge >= 0.3 is 0 Å². The van der Waals surface area contributed by atoms with Crippen molar-refractivity contribution in [2.75, 3.05) is 11.4 Å². The molecule has 2 aromatic rings. The molecule has 2 heterocycles. The number of halogens is 1. The fourth-order valence-electron chi connectivity index (χ4n) is 4.00. The topological polar surface area (TPSA) is 50.2 Å². The summed E-state index contributed by atoms with van der Waals surface area (Å²) in [5, 5.41) is 7.94. The lowest BCUT2D eigenvalue weighted by Gasteiger charge is -2.34. The zero-order valence-electron chi connectivity index (χ0n) is 15.6. The lowest BCUT2D eigenvalue weighted by Crippen LogP contribution is -2.53. The van der Waals surface area contributed by atoms with Crippen LogP contribution in [0.2, 0.25) is 0 Å². The van der Waals surface area contributed by atoms with Crippen molar-refractivity contribution in [3.8, 4) is 0 Å². The van der Waals surface area contributed by atoms with Crippen LogP contribution in [0.25, 0.3) is 5.57 Å². The first-order valence-electron chi connectivity index (χ1n) is 9.62. The Morgan fingerprint density at radius 2 is 2.00 bits per heavy atom. The predicted octanol–water partition coefficient (Wildman–Crippen LogP) is 3.28. The van der Waals surface area contributed by atoms with Gasteiger partial charge < -0.3 is 5.32 Å². The Kier molecular flexibility index (Phi) is 5.07. The molecule has 0 unspecified atom stereocenters. The molecule has 0 radical (unpaired) electrons. The Labute approximate surface area is 158 Å². The van der Waals surface area contributed by atoms with Crippen molar-refractivity contribution in [1.82, 2.24) is 15.1 Å². The highest BCUT2D eigenvalue weighted by atomic mass is 19.1. The minimum absolute atomic E-state index is 0.119. The highest BCUT2D eigenvalue weighted by molar-refractivity contribution is 5.97. The third-order valence-corrected chi connectivity index (χ3v) is 5.48. The number of hydrogen-bond acceptors (Lipinski definition) is 3. The largest absolute Gasteiger partial charge is 0.303 e. The van der Waals surface area contributed by atoms with Gasteiger partial charge in [-0.3, -0.25) is 14.4 Å². The van der Waals surface area contributed by atoms with Crippen molar-refractivity contribution in [3.63, 3.8) is 0 Å². The van der Waals surface area contributed by atoms with Gasteiger partial charge in [-0.15, -0.1) is 0 Å². The van der Waals surface area contributed by atoms with Crippen molar-refractivity contribution in [1.29, 1.82) is 0 Å². The maximum absolute atomic E-state index is 13.1. The quantitative estimate of drug-likeness (QED) is 0.901. The average Bonchev–Trinajstić information content (AvgIpc) is 3.11. The summed E-state index contributed by atoms with van der Waals surface area (Å²) in [5.74, 6) is 0.646. The van der Waals surface area contributed by atoms with Crippen molar-refractivity contribution in [2.24, 2.45) is 7.05 Å². The third kappa shape index (κ3) is 3.95. The number of anilines is 1. The van der Waals surface area contributed by atoms with E-state index in [4.69, 9.17) is 0 Å². The van der Waals surface area contributed by atoms with Crippen LogP contribution in [0, 0.1) is 5.82 Å². The van der Waals surface area contributed by atoms with Crippen LogP contribution in [0.15, 0.2) is 42.6 Å². The van der Waals surface area contributed by atoms with Gasteiger partial charge in [0, 0.05) is 31.9 Å². The molecule has 0 spiro atoms. The number of hydrogen-bond donors (Lipinski definition) is 1. The van der Waals surface area contributed by atoms with Crippen LogP contribution in [0.4, 0.5) is 10.2 Å². The van der Waals surface area contributed by atoms with Crippen LogP contribution in [0.3, 0.4) is 0 Å². The molecule has 5 nitrogen and oxygen atoms in total. The van der Waals surface area contributed by atoms with E-state index in [1.165, 1.54) is 17.7 Å². The molecule has 2 atom stereocenters. The van der Waals surface area contributed by atoms with E-state index in [0.29, 0.717) is 6.04 Å². The third-order valence-electron chi connectivity index (χ3n) is 5.48. The van der Waals surface area contributed by atoms with E-state index < -0.39 is 0 Å². The Morgan fingerprint density at radius 3 is 2.67 bits per heavy atom. The first-order valence-corrected chi connectivity index (χ1v) is 9.62. The molecule has 142 valence electrons. The summed E-state index contributed by atoms with van der Waals surface area (Å²) < 4.78 is 14.8. The first-order chi connectivity index (χ1) is 13.1. The number of aromatic nitrogens is 2. The number of carbonyl (C=O) groups is 1. The summed E-state index contributed by atoms with van der Waals surface area (Å²) in [5.41, 5.74) is 2.35. The number of allylic oxidation sites excluding steroid dienone is 1. The SMILES string of the molecule is Cn1ccc(N2CCC[C@@H](N[C@@H]3CC=C(c4ccc(F)cc4)CC3)C2=O)n1. The van der Waals surface area contributed by atoms with Crippen molar-refractivity contribution in [2.45, 2.75) is 44.2 Å². The molecule has 1 amide bonds. The van der Waals surface area contributed by atoms with Gasteiger partial charge in [0.2, 0.25) is 5.91 Å². The van der Waals surface area contributed by atoms with E-state index in [1.807, 2.05) is 31.4 Å². The molecule has 4 rings (SSSR count). The summed E-state index contributed by atoms with van der Waals surface area (Å²) >= 11 is 0. The molecule has 0 saturated carbocycles. The Bertz CT molecular complexity index is 842. The molecule has 1 aliphatic carbocycles. The predicted molar refractivity (Wildman–Crippen MR) is 104 cm³/mol. The van der Waals surface area contributed by atoms with Gasteiger partial charge in [0.25, 0.3) is 0 Å². The first kappa shape index (κ1) is 17.9. The van der Waals surface area contributed by atoms with E-state index in [1.54, 1.807) is 9.58 Å². The zero-order chi connectivity index (χ0) is 18.8. The smallest absolute Gasteiger partial charge is 0.245 e. The highest BCUT2D eigenvalue weighted by Crippen LogP contribution is 2.28. The van der Waals surface area contributed by atoms with Crippen LogP contribution in [0.5, 0.6) is 0 Å². The molecular formula is C21H25FN4O. The molecule has 1 saturated heterocycles. The van der Waals surface area contributed by atoms with E-state index in [2.05, 4.69) is 16.5 Å². The normalized spacial score (nSPS) is 23.4. The molecule has 6 heteroatoms. The molecule has 1 N–H and O–H groups in total. The number of nitrogens with one attached hydrogen (secondary N) is 1. The van der Waals surface area contributed by atoms with Gasteiger partial charge in [-0.05, 0) is 55.4 Å². The summed E-state index contributed by atoms with van der Waals surface area (Å²) in [6.45, 7) is 0.729. The number of benzene rings is 1. The maximum Gasteiger partial charge on any atom is 0.245 e. The van der Waals surface area contributed by atoms with Crippen LogP contribution >= 0.6 is 0 Å². The van der Waals surface area contributed by atoms with E-state index >= 15 is 0 Å². The van der Waals surface area contributed by atoms with Gasteiger partial charge in [0.1, 0.15) is 5.82 Å². The van der Waals surface area contributed by atoms with Crippen LogP contribution in [-0.2, 0) is 11.8 Å². The number of nitrogens with zero attached hydrogens (tertiary/aromatic N) is 3. The van der Waals surface area contributed by atoms with Crippen LogP contribution in [0.1, 0.15) is 37.7 Å². The second-order valence-corrected chi connectivity index (χ2v) is 7.41. The minimum atomic E-state index is -0.206. The summed E-state index contributed by atoms with van der Waals surface area (Å²) in [6, 6.07) is 8.73. The number of carbonyl (C=O) groups excluding carboxylic acids is 1. The van der Waals surface area contributed by atoms with Crippen molar-refractivity contribution < 1.29 is 9.18 Å². The molecule has 0 bridgehead atoms. The Balaban J connectivity index is 1.38. The fraction of sp³-hybridized carbons (Fsp3) is 0.429.